The Hall–Kier alpha value is -3.25. The monoisotopic (exact) mass is 560 g/mol. The van der Waals surface area contributed by atoms with Crippen LogP contribution in [-0.4, -0.2) is 61.6 Å². The highest BCUT2D eigenvalue weighted by Gasteiger charge is 2.21. The second-order valence-electron chi connectivity index (χ2n) is 8.76. The van der Waals surface area contributed by atoms with E-state index in [4.69, 9.17) is 11.6 Å². The minimum Gasteiger partial charge on any atom is -0.384 e. The average molecular weight is 561 g/mol. The number of Topliss-reactive ketones (excluding diaryl/α,β-unsaturated/α-hetero) is 1. The zero-order valence-electron chi connectivity index (χ0n) is 20.2. The number of halogens is 1. The van der Waals surface area contributed by atoms with Crippen molar-refractivity contribution in [2.75, 3.05) is 38.3 Å². The maximum absolute atomic E-state index is 13.1. The number of ketones is 1. The van der Waals surface area contributed by atoms with E-state index >= 15 is 0 Å². The summed E-state index contributed by atoms with van der Waals surface area (Å²) in [5, 5.41) is 3.61. The first-order chi connectivity index (χ1) is 17.5. The van der Waals surface area contributed by atoms with Crippen LogP contribution in [0.4, 0.5) is 5.69 Å². The number of carbonyl (C=O) groups is 1. The van der Waals surface area contributed by atoms with Gasteiger partial charge in [-0.3, -0.25) is 9.59 Å². The molecule has 0 aliphatic carbocycles. The van der Waals surface area contributed by atoms with Gasteiger partial charge < -0.3 is 15.2 Å². The number of rotatable bonds is 10. The number of carbonyl (C=O) groups excluding carboxylic acids is 1. The number of sulfone groups is 1. The largest absolute Gasteiger partial charge is 0.384 e. The number of nitrogens with one attached hydrogen (secondary N) is 2. The third-order valence-electron chi connectivity index (χ3n) is 5.59. The summed E-state index contributed by atoms with van der Waals surface area (Å²) in [7, 11) is 0.177. The fourth-order valence-corrected chi connectivity index (χ4v) is 6.59. The van der Waals surface area contributed by atoms with Crippen molar-refractivity contribution < 1.29 is 13.2 Å². The molecule has 0 saturated carbocycles. The summed E-state index contributed by atoms with van der Waals surface area (Å²) in [6, 6.07) is 14.3. The van der Waals surface area contributed by atoms with Gasteiger partial charge in [0.05, 0.1) is 20.9 Å². The van der Waals surface area contributed by atoms with E-state index in [0.717, 1.165) is 28.1 Å². The predicted molar refractivity (Wildman–Crippen MR) is 147 cm³/mol. The molecule has 37 heavy (non-hydrogen) atoms. The minimum atomic E-state index is -3.77. The molecule has 2 N–H and O–H groups in total. The summed E-state index contributed by atoms with van der Waals surface area (Å²) in [6.07, 6.45) is -0.106. The second kappa shape index (κ2) is 11.0. The molecule has 9 nitrogen and oxygen atoms in total. The number of anilines is 1. The normalized spacial score (nSPS) is 11.8. The van der Waals surface area contributed by atoms with Gasteiger partial charge >= 0.3 is 5.69 Å². The Balaban J connectivity index is 1.51. The summed E-state index contributed by atoms with van der Waals surface area (Å²) >= 11 is 6.71. The van der Waals surface area contributed by atoms with Crippen molar-refractivity contribution in [3.05, 3.63) is 85.3 Å². The number of aromatic nitrogens is 2. The number of aromatic amines is 1. The summed E-state index contributed by atoms with van der Waals surface area (Å²) in [6.45, 7) is 1.54. The van der Waals surface area contributed by atoms with E-state index in [1.54, 1.807) is 42.5 Å². The van der Waals surface area contributed by atoms with Crippen molar-refractivity contribution in [1.82, 2.24) is 14.5 Å². The van der Waals surface area contributed by atoms with E-state index < -0.39 is 32.6 Å². The number of hydrogen-bond donors (Lipinski definition) is 2. The zero-order valence-corrected chi connectivity index (χ0v) is 22.5. The highest BCUT2D eigenvalue weighted by molar-refractivity contribution is 7.94. The molecule has 0 unspecified atom stereocenters. The Kier molecular flexibility index (Phi) is 7.98. The lowest BCUT2D eigenvalue weighted by Gasteiger charge is -2.12. The van der Waals surface area contributed by atoms with E-state index in [9.17, 15) is 22.8 Å². The molecule has 0 atom stereocenters. The molecule has 2 aromatic carbocycles. The van der Waals surface area contributed by atoms with Crippen LogP contribution in [0, 0.1) is 0 Å². The van der Waals surface area contributed by atoms with Gasteiger partial charge in [-0.15, -0.1) is 11.3 Å². The quantitative estimate of drug-likeness (QED) is 0.306. The second-order valence-corrected chi connectivity index (χ2v) is 12.7. The number of likely N-dealkylation sites (N-methyl/N-ethyl adjacent to an activating group) is 1. The van der Waals surface area contributed by atoms with E-state index in [1.807, 2.05) is 19.0 Å². The predicted octanol–water partition coefficient (Wildman–Crippen LogP) is 2.95. The van der Waals surface area contributed by atoms with Gasteiger partial charge in [0, 0.05) is 25.2 Å². The van der Waals surface area contributed by atoms with Crippen LogP contribution in [0.25, 0.3) is 16.6 Å². The van der Waals surface area contributed by atoms with Gasteiger partial charge in [-0.05, 0) is 62.1 Å². The summed E-state index contributed by atoms with van der Waals surface area (Å²) in [5.74, 6) is -1.12. The zero-order chi connectivity index (χ0) is 26.7. The standard InChI is InChI=1S/C25H25ClN4O5S2/c1-29(2)12-11-27-17-5-8-20-21(14-17)28-25(33)30(24(20)32)18-6-3-16(4-7-18)13-19(31)15-37(34,35)23-10-9-22(26)36-23/h3-10,14,27H,11-13,15H2,1-2H3,(H,28,33). The molecule has 0 aliphatic rings. The highest BCUT2D eigenvalue weighted by atomic mass is 35.5. The van der Waals surface area contributed by atoms with Crippen molar-refractivity contribution in [3.8, 4) is 5.69 Å². The van der Waals surface area contributed by atoms with Crippen molar-refractivity contribution >= 4 is 55.1 Å². The van der Waals surface area contributed by atoms with Crippen LogP contribution in [0.5, 0.6) is 0 Å². The summed E-state index contributed by atoms with van der Waals surface area (Å²) < 4.78 is 26.2. The van der Waals surface area contributed by atoms with Gasteiger partial charge in [-0.25, -0.2) is 17.8 Å². The van der Waals surface area contributed by atoms with Crippen LogP contribution in [0.3, 0.4) is 0 Å². The Morgan fingerprint density at radius 1 is 1.08 bits per heavy atom. The Bertz CT molecular complexity index is 1670. The van der Waals surface area contributed by atoms with Gasteiger partial charge in [-0.2, -0.15) is 0 Å². The third-order valence-corrected chi connectivity index (χ3v) is 9.08. The molecule has 2 aromatic heterocycles. The van der Waals surface area contributed by atoms with E-state index in [0.29, 0.717) is 33.0 Å². The molecule has 0 fully saturated rings. The first kappa shape index (κ1) is 26.8. The molecule has 12 heteroatoms. The molecule has 0 saturated heterocycles. The molecule has 2 heterocycles. The summed E-state index contributed by atoms with van der Waals surface area (Å²) in [4.78, 5) is 43.1. The Morgan fingerprint density at radius 3 is 2.46 bits per heavy atom. The maximum Gasteiger partial charge on any atom is 0.333 e. The number of fused-ring (bicyclic) bond motifs is 1. The van der Waals surface area contributed by atoms with Crippen LogP contribution >= 0.6 is 22.9 Å². The van der Waals surface area contributed by atoms with E-state index in [-0.39, 0.29) is 10.6 Å². The number of H-pyrrole nitrogens is 1. The molecule has 4 rings (SSSR count). The lowest BCUT2D eigenvalue weighted by molar-refractivity contribution is -0.116. The van der Waals surface area contributed by atoms with Crippen LogP contribution < -0.4 is 16.6 Å². The summed E-state index contributed by atoms with van der Waals surface area (Å²) in [5.41, 5.74) is 1.05. The SMILES string of the molecule is CN(C)CCNc1ccc2c(=O)n(-c3ccc(CC(=O)CS(=O)(=O)c4ccc(Cl)s4)cc3)c(=O)[nH]c2c1. The molecule has 194 valence electrons. The highest BCUT2D eigenvalue weighted by Crippen LogP contribution is 2.26. The number of hydrogen-bond acceptors (Lipinski definition) is 8. The van der Waals surface area contributed by atoms with Crippen LogP contribution in [-0.2, 0) is 21.1 Å². The molecule has 0 bridgehead atoms. The van der Waals surface area contributed by atoms with Crippen molar-refractivity contribution in [2.24, 2.45) is 0 Å². The van der Waals surface area contributed by atoms with Crippen molar-refractivity contribution in [3.63, 3.8) is 0 Å². The fourth-order valence-electron chi connectivity index (χ4n) is 3.78. The van der Waals surface area contributed by atoms with Gasteiger partial charge in [0.15, 0.2) is 15.6 Å². The van der Waals surface area contributed by atoms with Crippen LogP contribution in [0.2, 0.25) is 4.34 Å². The molecular weight excluding hydrogens is 536 g/mol. The van der Waals surface area contributed by atoms with E-state index in [2.05, 4.69) is 10.3 Å². The van der Waals surface area contributed by atoms with Gasteiger partial charge in [-0.1, -0.05) is 23.7 Å². The molecule has 0 amide bonds. The lowest BCUT2D eigenvalue weighted by atomic mass is 10.1. The van der Waals surface area contributed by atoms with Gasteiger partial charge in [0.25, 0.3) is 5.56 Å². The average Bonchev–Trinajstić information content (AvgIpc) is 3.27. The minimum absolute atomic E-state index is 0.0487. The molecule has 0 aliphatic heterocycles. The number of benzene rings is 2. The number of thiophene rings is 1. The molecule has 0 spiro atoms. The molecular formula is C25H25ClN4O5S2. The smallest absolute Gasteiger partial charge is 0.333 e. The fraction of sp³-hybridized carbons (Fsp3) is 0.240. The molecule has 0 radical (unpaired) electrons. The van der Waals surface area contributed by atoms with Crippen LogP contribution in [0.1, 0.15) is 5.56 Å². The van der Waals surface area contributed by atoms with Gasteiger partial charge in [0.2, 0.25) is 0 Å². The molecule has 4 aromatic rings. The lowest BCUT2D eigenvalue weighted by Crippen LogP contribution is -2.33. The first-order valence-electron chi connectivity index (χ1n) is 11.3. The Morgan fingerprint density at radius 2 is 1.81 bits per heavy atom. The first-order valence-corrected chi connectivity index (χ1v) is 14.1. The Labute approximate surface area is 222 Å². The maximum atomic E-state index is 13.1. The van der Waals surface area contributed by atoms with Crippen molar-refractivity contribution in [2.45, 2.75) is 10.6 Å². The van der Waals surface area contributed by atoms with Crippen molar-refractivity contribution in [1.29, 1.82) is 0 Å². The van der Waals surface area contributed by atoms with E-state index in [1.165, 1.54) is 12.1 Å². The van der Waals surface area contributed by atoms with Gasteiger partial charge in [0.1, 0.15) is 9.96 Å². The number of nitrogens with zero attached hydrogens (tertiary/aromatic N) is 2. The third kappa shape index (κ3) is 6.37. The topological polar surface area (TPSA) is 121 Å². The van der Waals surface area contributed by atoms with Crippen LogP contribution in [0.15, 0.2) is 68.4 Å².